The maximum absolute atomic E-state index is 12.4. The normalized spacial score (nSPS) is 22.1. The third kappa shape index (κ3) is 3.31. The molecule has 2 N–H and O–H groups in total. The van der Waals surface area contributed by atoms with Crippen LogP contribution in [-0.4, -0.2) is 37.0 Å². The lowest BCUT2D eigenvalue weighted by molar-refractivity contribution is -0.129. The van der Waals surface area contributed by atoms with Crippen LogP contribution in [0.15, 0.2) is 24.3 Å². The molecule has 0 spiro atoms. The maximum atomic E-state index is 12.4. The third-order valence-electron chi connectivity index (χ3n) is 4.04. The Bertz CT molecular complexity index is 462. The number of rotatable bonds is 5. The Labute approximate surface area is 120 Å². The molecule has 1 aromatic carbocycles. The van der Waals surface area contributed by atoms with E-state index >= 15 is 0 Å². The molecule has 0 unspecified atom stereocenters. The van der Waals surface area contributed by atoms with Crippen LogP contribution in [0.2, 0.25) is 0 Å². The van der Waals surface area contributed by atoms with E-state index in [1.54, 1.807) is 7.11 Å². The number of amides is 1. The van der Waals surface area contributed by atoms with Gasteiger partial charge in [-0.1, -0.05) is 31.5 Å². The molecule has 2 atom stereocenters. The SMILES string of the molecule is CCC[C@H]1CN(C(=O)Cc2ccccc2OC)C[C@@H]1N. The van der Waals surface area contributed by atoms with Crippen LogP contribution in [0.4, 0.5) is 0 Å². The smallest absolute Gasteiger partial charge is 0.227 e. The van der Waals surface area contributed by atoms with Crippen LogP contribution in [0.5, 0.6) is 5.75 Å². The van der Waals surface area contributed by atoms with Crippen LogP contribution in [0.3, 0.4) is 0 Å². The molecule has 1 amide bonds. The summed E-state index contributed by atoms with van der Waals surface area (Å²) in [6.07, 6.45) is 2.60. The molecule has 2 rings (SSSR count). The van der Waals surface area contributed by atoms with Gasteiger partial charge in [0.2, 0.25) is 5.91 Å². The van der Waals surface area contributed by atoms with Gasteiger partial charge in [0.1, 0.15) is 5.75 Å². The predicted molar refractivity (Wildman–Crippen MR) is 79.7 cm³/mol. The van der Waals surface area contributed by atoms with Gasteiger partial charge in [-0.3, -0.25) is 4.79 Å². The minimum absolute atomic E-state index is 0.122. The van der Waals surface area contributed by atoms with Crippen molar-refractivity contribution in [2.24, 2.45) is 11.7 Å². The molecule has 1 aliphatic heterocycles. The Morgan fingerprint density at radius 1 is 1.40 bits per heavy atom. The highest BCUT2D eigenvalue weighted by molar-refractivity contribution is 5.80. The van der Waals surface area contributed by atoms with E-state index < -0.39 is 0 Å². The Morgan fingerprint density at radius 2 is 2.15 bits per heavy atom. The first kappa shape index (κ1) is 14.9. The number of methoxy groups -OCH3 is 1. The average Bonchev–Trinajstić information content (AvgIpc) is 2.81. The van der Waals surface area contributed by atoms with E-state index in [2.05, 4.69) is 6.92 Å². The Balaban J connectivity index is 1.99. The van der Waals surface area contributed by atoms with Gasteiger partial charge in [-0.2, -0.15) is 0 Å². The zero-order chi connectivity index (χ0) is 14.5. The van der Waals surface area contributed by atoms with Crippen LogP contribution in [0.1, 0.15) is 25.3 Å². The van der Waals surface area contributed by atoms with Gasteiger partial charge in [-0.05, 0) is 18.4 Å². The number of nitrogens with zero attached hydrogens (tertiary/aromatic N) is 1. The van der Waals surface area contributed by atoms with Gasteiger partial charge in [0.15, 0.2) is 0 Å². The Hall–Kier alpha value is -1.55. The Morgan fingerprint density at radius 3 is 2.85 bits per heavy atom. The number of carbonyl (C=O) groups is 1. The minimum atomic E-state index is 0.122. The van der Waals surface area contributed by atoms with Crippen molar-refractivity contribution in [2.45, 2.75) is 32.2 Å². The van der Waals surface area contributed by atoms with Gasteiger partial charge >= 0.3 is 0 Å². The molecule has 1 aliphatic rings. The largest absolute Gasteiger partial charge is 0.496 e. The van der Waals surface area contributed by atoms with Crippen molar-refractivity contribution in [3.05, 3.63) is 29.8 Å². The van der Waals surface area contributed by atoms with Crippen LogP contribution >= 0.6 is 0 Å². The van der Waals surface area contributed by atoms with Crippen LogP contribution in [0.25, 0.3) is 0 Å². The summed E-state index contributed by atoms with van der Waals surface area (Å²) in [5.74, 6) is 1.36. The number of para-hydroxylation sites is 1. The molecule has 1 aromatic rings. The first-order valence-corrected chi connectivity index (χ1v) is 7.31. The molecule has 1 heterocycles. The van der Waals surface area contributed by atoms with Crippen molar-refractivity contribution in [1.29, 1.82) is 0 Å². The monoisotopic (exact) mass is 276 g/mol. The van der Waals surface area contributed by atoms with Crippen molar-refractivity contribution in [3.8, 4) is 5.75 Å². The second kappa shape index (κ2) is 6.75. The number of carbonyl (C=O) groups excluding carboxylic acids is 1. The van der Waals surface area contributed by atoms with Gasteiger partial charge in [0.25, 0.3) is 0 Å². The molecular weight excluding hydrogens is 252 g/mol. The van der Waals surface area contributed by atoms with E-state index in [4.69, 9.17) is 10.5 Å². The second-order valence-electron chi connectivity index (χ2n) is 5.50. The fraction of sp³-hybridized carbons (Fsp3) is 0.562. The lowest BCUT2D eigenvalue weighted by Crippen LogP contribution is -2.33. The topological polar surface area (TPSA) is 55.6 Å². The molecule has 110 valence electrons. The van der Waals surface area contributed by atoms with E-state index in [0.29, 0.717) is 18.9 Å². The van der Waals surface area contributed by atoms with Crippen molar-refractivity contribution < 1.29 is 9.53 Å². The van der Waals surface area contributed by atoms with Crippen molar-refractivity contribution in [1.82, 2.24) is 4.90 Å². The number of likely N-dealkylation sites (tertiary alicyclic amines) is 1. The molecule has 0 aliphatic carbocycles. The molecule has 20 heavy (non-hydrogen) atoms. The second-order valence-corrected chi connectivity index (χ2v) is 5.50. The summed E-state index contributed by atoms with van der Waals surface area (Å²) in [6, 6.07) is 7.79. The first-order chi connectivity index (χ1) is 9.65. The average molecular weight is 276 g/mol. The molecule has 1 fully saturated rings. The summed E-state index contributed by atoms with van der Waals surface area (Å²) in [5, 5.41) is 0. The summed E-state index contributed by atoms with van der Waals surface area (Å²) < 4.78 is 5.29. The summed E-state index contributed by atoms with van der Waals surface area (Å²) in [7, 11) is 1.63. The van der Waals surface area contributed by atoms with Gasteiger partial charge in [0, 0.05) is 24.7 Å². The third-order valence-corrected chi connectivity index (χ3v) is 4.04. The number of nitrogens with two attached hydrogens (primary N) is 1. The molecule has 0 bridgehead atoms. The van der Waals surface area contributed by atoms with E-state index in [1.807, 2.05) is 29.2 Å². The molecule has 4 nitrogen and oxygen atoms in total. The highest BCUT2D eigenvalue weighted by Gasteiger charge is 2.32. The fourth-order valence-electron chi connectivity index (χ4n) is 2.90. The molecule has 4 heteroatoms. The number of benzene rings is 1. The number of ether oxygens (including phenoxy) is 1. The summed E-state index contributed by atoms with van der Waals surface area (Å²) in [5.41, 5.74) is 7.06. The lowest BCUT2D eigenvalue weighted by atomic mass is 9.99. The standard InChI is InChI=1S/C16H24N2O2/c1-3-6-13-10-18(11-14(13)17)16(19)9-12-7-4-5-8-15(12)20-2/h4-5,7-8,13-14H,3,6,9-11,17H2,1-2H3/t13-,14-/m0/s1. The van der Waals surface area contributed by atoms with Crippen LogP contribution in [0, 0.1) is 5.92 Å². The van der Waals surface area contributed by atoms with Gasteiger partial charge < -0.3 is 15.4 Å². The Kier molecular flexibility index (Phi) is 5.01. The number of hydrogen-bond donors (Lipinski definition) is 1. The van der Waals surface area contributed by atoms with Gasteiger partial charge in [-0.25, -0.2) is 0 Å². The van der Waals surface area contributed by atoms with Crippen molar-refractivity contribution in [3.63, 3.8) is 0 Å². The molecular formula is C16H24N2O2. The van der Waals surface area contributed by atoms with E-state index in [1.165, 1.54) is 0 Å². The minimum Gasteiger partial charge on any atom is -0.496 e. The van der Waals surface area contributed by atoms with E-state index in [0.717, 1.165) is 30.7 Å². The molecule has 0 radical (unpaired) electrons. The van der Waals surface area contributed by atoms with Crippen molar-refractivity contribution in [2.75, 3.05) is 20.2 Å². The first-order valence-electron chi connectivity index (χ1n) is 7.31. The maximum Gasteiger partial charge on any atom is 0.227 e. The molecule has 0 aromatic heterocycles. The number of hydrogen-bond acceptors (Lipinski definition) is 3. The van der Waals surface area contributed by atoms with Crippen LogP contribution < -0.4 is 10.5 Å². The fourth-order valence-corrected chi connectivity index (χ4v) is 2.90. The highest BCUT2D eigenvalue weighted by atomic mass is 16.5. The van der Waals surface area contributed by atoms with Gasteiger partial charge in [0.05, 0.1) is 13.5 Å². The van der Waals surface area contributed by atoms with Crippen LogP contribution in [-0.2, 0) is 11.2 Å². The van der Waals surface area contributed by atoms with Crippen molar-refractivity contribution >= 4 is 5.91 Å². The quantitative estimate of drug-likeness (QED) is 0.892. The summed E-state index contributed by atoms with van der Waals surface area (Å²) in [4.78, 5) is 14.3. The summed E-state index contributed by atoms with van der Waals surface area (Å²) in [6.45, 7) is 3.63. The highest BCUT2D eigenvalue weighted by Crippen LogP contribution is 2.23. The predicted octanol–water partition coefficient (Wildman–Crippen LogP) is 1.82. The zero-order valence-corrected chi connectivity index (χ0v) is 12.3. The molecule has 1 saturated heterocycles. The van der Waals surface area contributed by atoms with Gasteiger partial charge in [-0.15, -0.1) is 0 Å². The lowest BCUT2D eigenvalue weighted by Gasteiger charge is -2.17. The molecule has 0 saturated carbocycles. The van der Waals surface area contributed by atoms with E-state index in [9.17, 15) is 4.79 Å². The summed E-state index contributed by atoms with van der Waals surface area (Å²) >= 11 is 0. The zero-order valence-electron chi connectivity index (χ0n) is 12.3. The van der Waals surface area contributed by atoms with E-state index in [-0.39, 0.29) is 11.9 Å².